The van der Waals surface area contributed by atoms with E-state index in [4.69, 9.17) is 20.3 Å². The summed E-state index contributed by atoms with van der Waals surface area (Å²) >= 11 is 0. The van der Waals surface area contributed by atoms with Crippen molar-refractivity contribution in [1.29, 1.82) is 0 Å². The van der Waals surface area contributed by atoms with Crippen molar-refractivity contribution in [2.45, 2.75) is 0 Å². The summed E-state index contributed by atoms with van der Waals surface area (Å²) in [5, 5.41) is 9.15. The van der Waals surface area contributed by atoms with Gasteiger partial charge in [-0.3, -0.25) is 0 Å². The van der Waals surface area contributed by atoms with Crippen LogP contribution in [0.1, 0.15) is 0 Å². The minimum absolute atomic E-state index is 0.0492. The smallest absolute Gasteiger partial charge is 0.223 e. The first-order valence-corrected chi connectivity index (χ1v) is 4.64. The maximum Gasteiger partial charge on any atom is 0.223 e. The fraction of sp³-hybridized carbons (Fsp3) is 0.556. The van der Waals surface area contributed by atoms with E-state index < -0.39 is 0 Å². The average molecular weight is 211 g/mol. The molecule has 6 heteroatoms. The fourth-order valence-electron chi connectivity index (χ4n) is 1.27. The van der Waals surface area contributed by atoms with Gasteiger partial charge in [0.2, 0.25) is 11.8 Å². The second-order valence-corrected chi connectivity index (χ2v) is 3.69. The van der Waals surface area contributed by atoms with Crippen LogP contribution >= 0.6 is 0 Å². The van der Waals surface area contributed by atoms with Crippen LogP contribution in [0.4, 0.5) is 5.95 Å². The van der Waals surface area contributed by atoms with Crippen LogP contribution in [0.3, 0.4) is 0 Å². The molecule has 2 rings (SSSR count). The highest BCUT2D eigenvalue weighted by atomic mass is 16.5. The number of nitrogen functional groups attached to an aromatic ring is 1. The van der Waals surface area contributed by atoms with Crippen molar-refractivity contribution in [3.63, 3.8) is 0 Å². The van der Waals surface area contributed by atoms with Gasteiger partial charge in [-0.2, -0.15) is 4.98 Å². The van der Waals surface area contributed by atoms with E-state index in [9.17, 15) is 0 Å². The summed E-state index contributed by atoms with van der Waals surface area (Å²) in [6.07, 6.45) is 1.53. The lowest BCUT2D eigenvalue weighted by Crippen LogP contribution is -2.50. The van der Waals surface area contributed by atoms with Crippen LogP contribution in [-0.2, 0) is 4.74 Å². The third kappa shape index (κ3) is 2.16. The molecule has 1 aliphatic rings. The van der Waals surface area contributed by atoms with Gasteiger partial charge < -0.3 is 20.3 Å². The molecule has 0 bridgehead atoms. The van der Waals surface area contributed by atoms with Gasteiger partial charge in [0.25, 0.3) is 0 Å². The Morgan fingerprint density at radius 1 is 1.60 bits per heavy atom. The van der Waals surface area contributed by atoms with Crippen LogP contribution in [0.15, 0.2) is 12.3 Å². The number of anilines is 1. The minimum atomic E-state index is -0.278. The monoisotopic (exact) mass is 211 g/mol. The Balaban J connectivity index is 1.92. The largest absolute Gasteiger partial charge is 0.477 e. The highest BCUT2D eigenvalue weighted by molar-refractivity contribution is 5.20. The first-order chi connectivity index (χ1) is 7.24. The van der Waals surface area contributed by atoms with Crippen LogP contribution in [0.25, 0.3) is 0 Å². The second-order valence-electron chi connectivity index (χ2n) is 3.69. The highest BCUT2D eigenvalue weighted by Gasteiger charge is 2.39. The Morgan fingerprint density at radius 3 is 2.93 bits per heavy atom. The van der Waals surface area contributed by atoms with Crippen LogP contribution < -0.4 is 10.5 Å². The molecule has 0 aromatic carbocycles. The van der Waals surface area contributed by atoms with Crippen molar-refractivity contribution in [3.05, 3.63) is 12.3 Å². The number of nitrogens with zero attached hydrogens (tertiary/aromatic N) is 2. The van der Waals surface area contributed by atoms with E-state index in [0.717, 1.165) is 0 Å². The molecular formula is C9H13N3O3. The van der Waals surface area contributed by atoms with Crippen molar-refractivity contribution >= 4 is 5.95 Å². The van der Waals surface area contributed by atoms with Gasteiger partial charge in [0, 0.05) is 12.3 Å². The van der Waals surface area contributed by atoms with E-state index in [1.807, 2.05) is 0 Å². The number of hydrogen-bond acceptors (Lipinski definition) is 6. The number of aromatic nitrogens is 2. The van der Waals surface area contributed by atoms with E-state index in [1.165, 1.54) is 6.20 Å². The molecule has 6 nitrogen and oxygen atoms in total. The molecule has 2 heterocycles. The molecule has 1 fully saturated rings. The molecule has 0 amide bonds. The molecule has 1 aromatic rings. The molecule has 15 heavy (non-hydrogen) atoms. The molecule has 0 atom stereocenters. The fourth-order valence-corrected chi connectivity index (χ4v) is 1.27. The maximum absolute atomic E-state index is 9.15. The molecule has 82 valence electrons. The summed E-state index contributed by atoms with van der Waals surface area (Å²) in [7, 11) is 0. The molecule has 0 spiro atoms. The minimum Gasteiger partial charge on any atom is -0.477 e. The van der Waals surface area contributed by atoms with Gasteiger partial charge in [-0.15, -0.1) is 0 Å². The number of hydrogen-bond donors (Lipinski definition) is 2. The first-order valence-electron chi connectivity index (χ1n) is 4.64. The van der Waals surface area contributed by atoms with E-state index in [0.29, 0.717) is 25.7 Å². The maximum atomic E-state index is 9.15. The van der Waals surface area contributed by atoms with Gasteiger partial charge >= 0.3 is 0 Å². The topological polar surface area (TPSA) is 90.5 Å². The Labute approximate surface area is 87.1 Å². The average Bonchev–Trinajstić information content (AvgIpc) is 2.17. The molecule has 1 saturated heterocycles. The van der Waals surface area contributed by atoms with E-state index in [-0.39, 0.29) is 18.0 Å². The van der Waals surface area contributed by atoms with Gasteiger partial charge in [0.15, 0.2) is 0 Å². The SMILES string of the molecule is Nc1nccc(OCC2(CO)COC2)n1. The van der Waals surface area contributed by atoms with Crippen molar-refractivity contribution < 1.29 is 14.6 Å². The lowest BCUT2D eigenvalue weighted by Gasteiger charge is -2.39. The molecule has 0 aliphatic carbocycles. The molecule has 1 aromatic heterocycles. The normalized spacial score (nSPS) is 18.2. The van der Waals surface area contributed by atoms with Gasteiger partial charge in [0.05, 0.1) is 25.2 Å². The van der Waals surface area contributed by atoms with Crippen molar-refractivity contribution in [2.75, 3.05) is 32.2 Å². The van der Waals surface area contributed by atoms with Crippen LogP contribution in [0.5, 0.6) is 5.88 Å². The number of aliphatic hydroxyl groups excluding tert-OH is 1. The Kier molecular flexibility index (Phi) is 2.70. The van der Waals surface area contributed by atoms with Crippen LogP contribution in [0, 0.1) is 5.41 Å². The number of ether oxygens (including phenoxy) is 2. The molecule has 3 N–H and O–H groups in total. The zero-order chi connectivity index (χ0) is 10.7. The first kappa shape index (κ1) is 10.1. The van der Waals surface area contributed by atoms with E-state index in [1.54, 1.807) is 6.07 Å². The Bertz CT molecular complexity index is 336. The molecule has 0 saturated carbocycles. The van der Waals surface area contributed by atoms with Crippen LogP contribution in [0.2, 0.25) is 0 Å². The molecule has 1 aliphatic heterocycles. The third-order valence-electron chi connectivity index (χ3n) is 2.33. The number of aliphatic hydroxyl groups is 1. The summed E-state index contributed by atoms with van der Waals surface area (Å²) in [5.74, 6) is 0.595. The number of rotatable bonds is 4. The molecule has 0 radical (unpaired) electrons. The summed E-state index contributed by atoms with van der Waals surface area (Å²) < 4.78 is 10.5. The Hall–Kier alpha value is -1.40. The zero-order valence-electron chi connectivity index (χ0n) is 8.22. The third-order valence-corrected chi connectivity index (χ3v) is 2.33. The molecular weight excluding hydrogens is 198 g/mol. The quantitative estimate of drug-likeness (QED) is 0.694. The van der Waals surface area contributed by atoms with Crippen molar-refractivity contribution in [1.82, 2.24) is 9.97 Å². The summed E-state index contributed by atoms with van der Waals surface area (Å²) in [4.78, 5) is 7.64. The lowest BCUT2D eigenvalue weighted by molar-refractivity contribution is -0.153. The van der Waals surface area contributed by atoms with Crippen LogP contribution in [-0.4, -0.2) is 41.5 Å². The number of nitrogens with two attached hydrogens (primary N) is 1. The zero-order valence-corrected chi connectivity index (χ0v) is 8.22. The predicted octanol–water partition coefficient (Wildman–Crippen LogP) is -0.554. The molecule has 0 unspecified atom stereocenters. The van der Waals surface area contributed by atoms with Gasteiger partial charge in [-0.1, -0.05) is 0 Å². The second kappa shape index (κ2) is 4.00. The van der Waals surface area contributed by atoms with Gasteiger partial charge in [-0.25, -0.2) is 4.98 Å². The van der Waals surface area contributed by atoms with Gasteiger partial charge in [-0.05, 0) is 0 Å². The summed E-state index contributed by atoms with van der Waals surface area (Å²) in [6, 6.07) is 1.63. The van der Waals surface area contributed by atoms with E-state index in [2.05, 4.69) is 9.97 Å². The predicted molar refractivity (Wildman–Crippen MR) is 52.3 cm³/mol. The van der Waals surface area contributed by atoms with Crippen molar-refractivity contribution in [2.24, 2.45) is 5.41 Å². The standard InChI is InChI=1S/C9H13N3O3/c10-8-11-2-1-7(12-8)15-6-9(3-13)4-14-5-9/h1-2,13H,3-6H2,(H2,10,11,12). The Morgan fingerprint density at radius 2 is 2.40 bits per heavy atom. The highest BCUT2D eigenvalue weighted by Crippen LogP contribution is 2.27. The summed E-state index contributed by atoms with van der Waals surface area (Å²) in [6.45, 7) is 1.46. The van der Waals surface area contributed by atoms with Gasteiger partial charge in [0.1, 0.15) is 6.61 Å². The van der Waals surface area contributed by atoms with Crippen molar-refractivity contribution in [3.8, 4) is 5.88 Å². The van der Waals surface area contributed by atoms with E-state index >= 15 is 0 Å². The lowest BCUT2D eigenvalue weighted by atomic mass is 9.88. The summed E-state index contributed by atoms with van der Waals surface area (Å²) in [5.41, 5.74) is 5.12.